The number of aliphatic carboxylic acids is 1. The van der Waals surface area contributed by atoms with Crippen molar-refractivity contribution in [3.63, 3.8) is 0 Å². The van der Waals surface area contributed by atoms with Gasteiger partial charge in [-0.05, 0) is 48.4 Å². The Balaban J connectivity index is 1.43. The quantitative estimate of drug-likeness (QED) is 0.561. The van der Waals surface area contributed by atoms with Crippen molar-refractivity contribution in [2.24, 2.45) is 5.92 Å². The van der Waals surface area contributed by atoms with Crippen LogP contribution in [0.5, 0.6) is 0 Å². The van der Waals surface area contributed by atoms with Crippen LogP contribution in [-0.4, -0.2) is 41.3 Å². The van der Waals surface area contributed by atoms with Crippen LogP contribution in [0.25, 0.3) is 11.1 Å². The molecule has 2 amide bonds. The van der Waals surface area contributed by atoms with Gasteiger partial charge < -0.3 is 20.5 Å². The Morgan fingerprint density at radius 3 is 2.26 bits per heavy atom. The van der Waals surface area contributed by atoms with Gasteiger partial charge in [0, 0.05) is 5.92 Å². The second-order valence-electron chi connectivity index (χ2n) is 9.47. The molecular weight excluding hydrogens is 432 g/mol. The number of alkyl carbamates (subject to hydrolysis) is 1. The Labute approximate surface area is 199 Å². The van der Waals surface area contributed by atoms with Crippen molar-refractivity contribution in [2.45, 2.75) is 63.5 Å². The Bertz CT molecular complexity index is 1040. The Hall–Kier alpha value is -3.35. The summed E-state index contributed by atoms with van der Waals surface area (Å²) in [5, 5.41) is 14.9. The molecule has 4 rings (SSSR count). The minimum atomic E-state index is -1.06. The number of hydrogen-bond acceptors (Lipinski definition) is 4. The van der Waals surface area contributed by atoms with Crippen molar-refractivity contribution >= 4 is 18.0 Å². The zero-order valence-electron chi connectivity index (χ0n) is 19.7. The van der Waals surface area contributed by atoms with Crippen molar-refractivity contribution in [3.8, 4) is 11.1 Å². The lowest BCUT2D eigenvalue weighted by Gasteiger charge is -2.41. The zero-order valence-corrected chi connectivity index (χ0v) is 19.7. The zero-order chi connectivity index (χ0) is 24.3. The highest BCUT2D eigenvalue weighted by atomic mass is 16.5. The Kier molecular flexibility index (Phi) is 6.91. The molecule has 3 unspecified atom stereocenters. The fourth-order valence-electron chi connectivity index (χ4n) is 5.38. The molecule has 180 valence electrons. The fourth-order valence-corrected chi connectivity index (χ4v) is 5.38. The van der Waals surface area contributed by atoms with Gasteiger partial charge in [0.2, 0.25) is 5.91 Å². The van der Waals surface area contributed by atoms with E-state index >= 15 is 0 Å². The van der Waals surface area contributed by atoms with E-state index in [1.54, 1.807) is 6.92 Å². The SMILES string of the molecule is CCC(NC(=O)C1CCCCC1(C)NC(=O)OCC1c2ccccc2-c2ccccc21)C(=O)O. The van der Waals surface area contributed by atoms with Gasteiger partial charge in [-0.3, -0.25) is 4.79 Å². The summed E-state index contributed by atoms with van der Waals surface area (Å²) in [6.45, 7) is 3.76. The van der Waals surface area contributed by atoms with E-state index in [-0.39, 0.29) is 18.4 Å². The molecule has 2 aromatic rings. The van der Waals surface area contributed by atoms with Crippen LogP contribution >= 0.6 is 0 Å². The summed E-state index contributed by atoms with van der Waals surface area (Å²) in [7, 11) is 0. The average Bonchev–Trinajstić information content (AvgIpc) is 3.14. The Morgan fingerprint density at radius 1 is 1.06 bits per heavy atom. The minimum Gasteiger partial charge on any atom is -0.480 e. The molecule has 0 heterocycles. The highest BCUT2D eigenvalue weighted by molar-refractivity contribution is 5.86. The molecule has 3 N–H and O–H groups in total. The molecule has 1 saturated carbocycles. The van der Waals surface area contributed by atoms with Gasteiger partial charge in [-0.25, -0.2) is 9.59 Å². The van der Waals surface area contributed by atoms with Gasteiger partial charge in [0.15, 0.2) is 0 Å². The number of nitrogens with one attached hydrogen (secondary N) is 2. The molecule has 0 saturated heterocycles. The number of carboxylic acids is 1. The van der Waals surface area contributed by atoms with E-state index in [2.05, 4.69) is 34.9 Å². The van der Waals surface area contributed by atoms with Crippen LogP contribution in [0.1, 0.15) is 63.0 Å². The molecule has 3 atom stereocenters. The monoisotopic (exact) mass is 464 g/mol. The fraction of sp³-hybridized carbons (Fsp3) is 0.444. The minimum absolute atomic E-state index is 0.0442. The van der Waals surface area contributed by atoms with Crippen molar-refractivity contribution < 1.29 is 24.2 Å². The molecular formula is C27H32N2O5. The highest BCUT2D eigenvalue weighted by Crippen LogP contribution is 2.44. The number of benzene rings is 2. The number of carbonyl (C=O) groups is 3. The maximum absolute atomic E-state index is 12.9. The molecule has 2 aliphatic rings. The lowest BCUT2D eigenvalue weighted by Crippen LogP contribution is -2.59. The third-order valence-corrected chi connectivity index (χ3v) is 7.28. The van der Waals surface area contributed by atoms with Gasteiger partial charge in [0.1, 0.15) is 12.6 Å². The van der Waals surface area contributed by atoms with Crippen LogP contribution in [0.2, 0.25) is 0 Å². The number of carbonyl (C=O) groups excluding carboxylic acids is 2. The second-order valence-corrected chi connectivity index (χ2v) is 9.47. The van der Waals surface area contributed by atoms with E-state index in [1.165, 1.54) is 0 Å². The van der Waals surface area contributed by atoms with Gasteiger partial charge in [-0.1, -0.05) is 68.3 Å². The van der Waals surface area contributed by atoms with Crippen molar-refractivity contribution in [1.82, 2.24) is 10.6 Å². The third-order valence-electron chi connectivity index (χ3n) is 7.28. The number of amides is 2. The molecule has 0 bridgehead atoms. The molecule has 7 nitrogen and oxygen atoms in total. The number of carboxylic acid groups (broad SMARTS) is 1. The van der Waals surface area contributed by atoms with Gasteiger partial charge in [-0.15, -0.1) is 0 Å². The maximum atomic E-state index is 12.9. The second kappa shape index (κ2) is 9.87. The summed E-state index contributed by atoms with van der Waals surface area (Å²) in [5.74, 6) is -1.96. The van der Waals surface area contributed by atoms with Crippen molar-refractivity contribution in [2.75, 3.05) is 6.61 Å². The van der Waals surface area contributed by atoms with Crippen molar-refractivity contribution in [3.05, 3.63) is 59.7 Å². The first kappa shape index (κ1) is 23.8. The van der Waals surface area contributed by atoms with Gasteiger partial charge in [0.25, 0.3) is 0 Å². The van der Waals surface area contributed by atoms with E-state index < -0.39 is 29.6 Å². The summed E-state index contributed by atoms with van der Waals surface area (Å²) in [6, 6.07) is 15.4. The van der Waals surface area contributed by atoms with Crippen LogP contribution in [0.3, 0.4) is 0 Å². The van der Waals surface area contributed by atoms with Crippen LogP contribution in [0.15, 0.2) is 48.5 Å². The van der Waals surface area contributed by atoms with E-state index in [4.69, 9.17) is 4.74 Å². The molecule has 2 aliphatic carbocycles. The summed E-state index contributed by atoms with van der Waals surface area (Å²) < 4.78 is 5.70. The third kappa shape index (κ3) is 4.65. The largest absolute Gasteiger partial charge is 0.480 e. The number of ether oxygens (including phenoxy) is 1. The topological polar surface area (TPSA) is 105 Å². The predicted molar refractivity (Wildman–Crippen MR) is 128 cm³/mol. The molecule has 0 radical (unpaired) electrons. The first-order valence-corrected chi connectivity index (χ1v) is 12.0. The highest BCUT2D eigenvalue weighted by Gasteiger charge is 2.43. The van der Waals surface area contributed by atoms with E-state index in [1.807, 2.05) is 31.2 Å². The first-order chi connectivity index (χ1) is 16.3. The summed E-state index contributed by atoms with van der Waals surface area (Å²) in [4.78, 5) is 37.2. The van der Waals surface area contributed by atoms with Gasteiger partial charge in [-0.2, -0.15) is 0 Å². The first-order valence-electron chi connectivity index (χ1n) is 12.0. The normalized spacial score (nSPS) is 22.2. The average molecular weight is 465 g/mol. The van der Waals surface area contributed by atoms with Crippen LogP contribution in [-0.2, 0) is 14.3 Å². The molecule has 0 aromatic heterocycles. The summed E-state index contributed by atoms with van der Waals surface area (Å²) >= 11 is 0. The van der Waals surface area contributed by atoms with E-state index in [9.17, 15) is 19.5 Å². The lowest BCUT2D eigenvalue weighted by atomic mass is 9.73. The van der Waals surface area contributed by atoms with Gasteiger partial charge >= 0.3 is 12.1 Å². The smallest absolute Gasteiger partial charge is 0.407 e. The molecule has 2 aromatic carbocycles. The Morgan fingerprint density at radius 2 is 1.68 bits per heavy atom. The summed E-state index contributed by atoms with van der Waals surface area (Å²) in [5.41, 5.74) is 3.79. The molecule has 34 heavy (non-hydrogen) atoms. The van der Waals surface area contributed by atoms with Crippen LogP contribution in [0, 0.1) is 5.92 Å². The molecule has 1 fully saturated rings. The van der Waals surface area contributed by atoms with Gasteiger partial charge in [0.05, 0.1) is 11.5 Å². The number of rotatable bonds is 7. The predicted octanol–water partition coefficient (Wildman–Crippen LogP) is 4.45. The van der Waals surface area contributed by atoms with Crippen molar-refractivity contribution in [1.29, 1.82) is 0 Å². The lowest BCUT2D eigenvalue weighted by molar-refractivity contribution is -0.143. The molecule has 0 spiro atoms. The number of hydrogen-bond donors (Lipinski definition) is 3. The van der Waals surface area contributed by atoms with Crippen LogP contribution in [0.4, 0.5) is 4.79 Å². The number of fused-ring (bicyclic) bond motifs is 3. The maximum Gasteiger partial charge on any atom is 0.407 e. The molecule has 0 aliphatic heterocycles. The summed E-state index contributed by atoms with van der Waals surface area (Å²) in [6.07, 6.45) is 2.67. The van der Waals surface area contributed by atoms with E-state index in [0.717, 1.165) is 35.1 Å². The molecule has 7 heteroatoms. The standard InChI is InChI=1S/C27H32N2O5/c1-3-23(25(31)32)28-24(30)22-14-8-9-15-27(22,2)29-26(33)34-16-21-19-12-6-4-10-17(19)18-11-5-7-13-20(18)21/h4-7,10-13,21-23H,3,8-9,14-16H2,1-2H3,(H,28,30)(H,29,33)(H,31,32). The van der Waals surface area contributed by atoms with Crippen LogP contribution < -0.4 is 10.6 Å². The van der Waals surface area contributed by atoms with E-state index in [0.29, 0.717) is 19.3 Å².